The van der Waals surface area contributed by atoms with E-state index >= 15 is 0 Å². The summed E-state index contributed by atoms with van der Waals surface area (Å²) in [5.41, 5.74) is 12.4. The highest BCUT2D eigenvalue weighted by molar-refractivity contribution is 7.80. The quantitative estimate of drug-likeness (QED) is 0.0960. The molecule has 0 aromatic carbocycles. The molecule has 1 aliphatic carbocycles. The van der Waals surface area contributed by atoms with Crippen LogP contribution in [0, 0.1) is 5.92 Å². The molecule has 0 aromatic rings. The number of fused-ring (bicyclic) bond motifs is 2. The molecule has 0 radical (unpaired) electrons. The first-order chi connectivity index (χ1) is 12.2. The number of hydrogen-bond donors (Lipinski definition) is 5. The van der Waals surface area contributed by atoms with Gasteiger partial charge in [-0.05, 0) is 24.4 Å². The lowest BCUT2D eigenvalue weighted by molar-refractivity contribution is -0.144. The first kappa shape index (κ1) is 20.0. The highest BCUT2D eigenvalue weighted by Gasteiger charge is 2.45. The summed E-state index contributed by atoms with van der Waals surface area (Å²) in [4.78, 5) is 33.7. The van der Waals surface area contributed by atoms with Crippen LogP contribution < -0.4 is 22.3 Å². The van der Waals surface area contributed by atoms with Crippen molar-refractivity contribution in [2.24, 2.45) is 22.5 Å². The van der Waals surface area contributed by atoms with Crippen LogP contribution in [-0.4, -0.2) is 61.2 Å². The van der Waals surface area contributed by atoms with Crippen LogP contribution in [-0.2, 0) is 29.2 Å². The van der Waals surface area contributed by atoms with Gasteiger partial charge in [0.1, 0.15) is 13.2 Å². The van der Waals surface area contributed by atoms with Gasteiger partial charge in [0.15, 0.2) is 0 Å². The fourth-order valence-electron chi connectivity index (χ4n) is 2.82. The van der Waals surface area contributed by atoms with Gasteiger partial charge in [-0.15, -0.1) is 4.28 Å². The summed E-state index contributed by atoms with van der Waals surface area (Å²) in [6, 6.07) is -1.95. The topological polar surface area (TPSA) is 208 Å². The molecule has 2 rings (SSSR count). The van der Waals surface area contributed by atoms with Crippen LogP contribution in [0.1, 0.15) is 19.3 Å². The van der Waals surface area contributed by atoms with Gasteiger partial charge < -0.3 is 21.6 Å². The van der Waals surface area contributed by atoms with Gasteiger partial charge in [-0.25, -0.2) is 10.3 Å². The monoisotopic (exact) mass is 396 g/mol. The number of guanidine groups is 1. The van der Waals surface area contributed by atoms with Gasteiger partial charge in [0.25, 0.3) is 0 Å². The number of nitrogens with one attached hydrogen (secondary N) is 2. The second-order valence-electron chi connectivity index (χ2n) is 5.62. The van der Waals surface area contributed by atoms with E-state index in [1.807, 2.05) is 0 Å². The Kier molecular flexibility index (Phi) is 6.41. The minimum atomic E-state index is -4.82. The van der Waals surface area contributed by atoms with Gasteiger partial charge in [-0.2, -0.15) is 13.5 Å². The molecule has 1 saturated heterocycles. The SMILES string of the molecule is NC(N)=NOCCONC(=O)[C@@H]1CC[C@@H]2CC1NC(=O)N2OS(=O)(=O)O. The maximum atomic E-state index is 12.2. The summed E-state index contributed by atoms with van der Waals surface area (Å²) in [6.07, 6.45) is 0.929. The molecule has 148 valence electrons. The maximum Gasteiger partial charge on any atom is 0.418 e. The van der Waals surface area contributed by atoms with Crippen molar-refractivity contribution in [1.82, 2.24) is 15.9 Å². The zero-order chi connectivity index (χ0) is 19.3. The molecular weight excluding hydrogens is 376 g/mol. The van der Waals surface area contributed by atoms with Crippen LogP contribution in [0.5, 0.6) is 0 Å². The Bertz CT molecular complexity index is 666. The smallest absolute Gasteiger partial charge is 0.390 e. The van der Waals surface area contributed by atoms with E-state index in [1.165, 1.54) is 0 Å². The van der Waals surface area contributed by atoms with Gasteiger partial charge in [-0.3, -0.25) is 14.2 Å². The van der Waals surface area contributed by atoms with Crippen LogP contribution in [0.3, 0.4) is 0 Å². The van der Waals surface area contributed by atoms with Crippen molar-refractivity contribution < 1.29 is 36.5 Å². The molecule has 2 fully saturated rings. The minimum Gasteiger partial charge on any atom is -0.390 e. The van der Waals surface area contributed by atoms with E-state index in [9.17, 15) is 18.0 Å². The number of hydrogen-bond acceptors (Lipinski definition) is 8. The Hall–Kier alpha value is -2.36. The molecule has 0 aromatic heterocycles. The van der Waals surface area contributed by atoms with Crippen LogP contribution in [0.2, 0.25) is 0 Å². The Morgan fingerprint density at radius 2 is 2.12 bits per heavy atom. The molecule has 1 saturated carbocycles. The molecular formula is C11H20N6O8S. The molecule has 3 amide bonds. The number of urea groups is 1. The van der Waals surface area contributed by atoms with Crippen LogP contribution in [0.4, 0.5) is 4.79 Å². The van der Waals surface area contributed by atoms with E-state index in [4.69, 9.17) is 20.9 Å². The number of hydroxylamine groups is 3. The van der Waals surface area contributed by atoms with Crippen LogP contribution in [0.15, 0.2) is 5.16 Å². The minimum absolute atomic E-state index is 0.00696. The third-order valence-electron chi connectivity index (χ3n) is 3.79. The molecule has 1 unspecified atom stereocenters. The molecule has 7 N–H and O–H groups in total. The summed E-state index contributed by atoms with van der Waals surface area (Å²) in [6.45, 7) is -0.00210. The molecule has 15 heteroatoms. The highest BCUT2D eigenvalue weighted by Crippen LogP contribution is 2.32. The number of carbonyl (C=O) groups is 2. The summed E-state index contributed by atoms with van der Waals surface area (Å²) >= 11 is 0. The standard InChI is InChI=1S/C11H20N6O8S/c12-10(13)16-24-4-3-23-15-9(18)7-2-1-6-5-8(7)14-11(19)17(6)25-26(20,21)22/h6-8H,1-5H2,(H,14,19)(H,15,18)(H4,12,13,16)(H,20,21,22)/t6-,7-,8?/m1/s1. The van der Waals surface area contributed by atoms with Gasteiger partial charge in [0, 0.05) is 6.04 Å². The normalized spacial score (nSPS) is 25.2. The van der Waals surface area contributed by atoms with Gasteiger partial charge >= 0.3 is 16.4 Å². The van der Waals surface area contributed by atoms with Crippen molar-refractivity contribution in [2.45, 2.75) is 31.3 Å². The molecule has 2 aliphatic rings. The van der Waals surface area contributed by atoms with E-state index in [2.05, 4.69) is 25.1 Å². The molecule has 3 atom stereocenters. The number of oxime groups is 1. The fraction of sp³-hybridized carbons (Fsp3) is 0.727. The maximum absolute atomic E-state index is 12.2. The number of carbonyl (C=O) groups excluding carboxylic acids is 2. The van der Waals surface area contributed by atoms with Crippen molar-refractivity contribution in [3.8, 4) is 0 Å². The van der Waals surface area contributed by atoms with Gasteiger partial charge in [0.2, 0.25) is 11.9 Å². The summed E-state index contributed by atoms with van der Waals surface area (Å²) in [5.74, 6) is -1.26. The predicted octanol–water partition coefficient (Wildman–Crippen LogP) is -2.46. The number of nitrogens with zero attached hydrogens (tertiary/aromatic N) is 2. The Balaban J connectivity index is 1.80. The van der Waals surface area contributed by atoms with Crippen molar-refractivity contribution in [3.05, 3.63) is 0 Å². The average Bonchev–Trinajstić information content (AvgIpc) is 2.53. The van der Waals surface area contributed by atoms with Crippen molar-refractivity contribution in [3.63, 3.8) is 0 Å². The molecule has 2 bridgehead atoms. The zero-order valence-electron chi connectivity index (χ0n) is 13.5. The van der Waals surface area contributed by atoms with Crippen molar-refractivity contribution in [1.29, 1.82) is 0 Å². The Labute approximate surface area is 148 Å². The number of amides is 3. The Morgan fingerprint density at radius 1 is 1.38 bits per heavy atom. The van der Waals surface area contributed by atoms with E-state index in [0.717, 1.165) is 0 Å². The predicted molar refractivity (Wildman–Crippen MR) is 83.8 cm³/mol. The van der Waals surface area contributed by atoms with E-state index < -0.39 is 40.3 Å². The first-order valence-corrected chi connectivity index (χ1v) is 8.93. The molecule has 0 spiro atoms. The van der Waals surface area contributed by atoms with Gasteiger partial charge in [-0.1, -0.05) is 0 Å². The summed E-state index contributed by atoms with van der Waals surface area (Å²) < 4.78 is 34.6. The van der Waals surface area contributed by atoms with E-state index in [-0.39, 0.29) is 25.6 Å². The summed E-state index contributed by atoms with van der Waals surface area (Å²) in [5, 5.41) is 6.31. The second-order valence-corrected chi connectivity index (χ2v) is 6.63. The molecule has 1 aliphatic heterocycles. The largest absolute Gasteiger partial charge is 0.418 e. The zero-order valence-corrected chi connectivity index (χ0v) is 14.3. The number of rotatable bonds is 8. The van der Waals surface area contributed by atoms with Crippen molar-refractivity contribution in [2.75, 3.05) is 13.2 Å². The highest BCUT2D eigenvalue weighted by atomic mass is 32.3. The third kappa shape index (κ3) is 5.58. The van der Waals surface area contributed by atoms with E-state index in [0.29, 0.717) is 17.9 Å². The van der Waals surface area contributed by atoms with E-state index in [1.54, 1.807) is 0 Å². The molecule has 14 nitrogen and oxygen atoms in total. The Morgan fingerprint density at radius 3 is 2.77 bits per heavy atom. The van der Waals surface area contributed by atoms with Crippen molar-refractivity contribution >= 4 is 28.3 Å². The number of nitrogens with two attached hydrogens (primary N) is 2. The second kappa shape index (κ2) is 8.35. The summed E-state index contributed by atoms with van der Waals surface area (Å²) in [7, 11) is -4.82. The molecule has 26 heavy (non-hydrogen) atoms. The lowest BCUT2D eigenvalue weighted by Gasteiger charge is -2.44. The van der Waals surface area contributed by atoms with Gasteiger partial charge in [0.05, 0.1) is 12.0 Å². The lowest BCUT2D eigenvalue weighted by Crippen LogP contribution is -2.63. The average molecular weight is 396 g/mol. The first-order valence-electron chi connectivity index (χ1n) is 7.56. The third-order valence-corrected chi connectivity index (χ3v) is 4.14. The molecule has 1 heterocycles. The van der Waals surface area contributed by atoms with Crippen LogP contribution >= 0.6 is 0 Å². The van der Waals surface area contributed by atoms with Crippen LogP contribution in [0.25, 0.3) is 0 Å². The lowest BCUT2D eigenvalue weighted by atomic mass is 9.80. The fourth-order valence-corrected chi connectivity index (χ4v) is 3.21.